The lowest BCUT2D eigenvalue weighted by Crippen LogP contribution is -2.08. The number of hydrogen-bond acceptors (Lipinski definition) is 3. The zero-order valence-corrected chi connectivity index (χ0v) is 11.6. The van der Waals surface area contributed by atoms with Gasteiger partial charge in [0.2, 0.25) is 0 Å². The predicted molar refractivity (Wildman–Crippen MR) is 72.8 cm³/mol. The molecular weight excluding hydrogens is 214 g/mol. The third-order valence-electron chi connectivity index (χ3n) is 2.99. The quantitative estimate of drug-likeness (QED) is 0.374. The molecular formula is C14H31NO2. The Morgan fingerprint density at radius 3 is 1.71 bits per heavy atom. The zero-order valence-electron chi connectivity index (χ0n) is 11.6. The average Bonchev–Trinajstić information content (AvgIpc) is 2.35. The third kappa shape index (κ3) is 15.9. The van der Waals surface area contributed by atoms with E-state index in [9.17, 15) is 0 Å². The minimum atomic E-state index is 0.498. The highest BCUT2D eigenvalue weighted by molar-refractivity contribution is 4.47. The minimum Gasteiger partial charge on any atom is -0.379 e. The van der Waals surface area contributed by atoms with Gasteiger partial charge in [-0.1, -0.05) is 64.7 Å². The summed E-state index contributed by atoms with van der Waals surface area (Å²) in [4.78, 5) is 4.42. The Morgan fingerprint density at radius 1 is 0.647 bits per heavy atom. The second-order valence-electron chi connectivity index (χ2n) is 4.67. The van der Waals surface area contributed by atoms with E-state index in [4.69, 9.17) is 10.6 Å². The molecule has 0 radical (unpaired) electrons. The van der Waals surface area contributed by atoms with Crippen molar-refractivity contribution in [2.24, 2.45) is 5.90 Å². The van der Waals surface area contributed by atoms with Crippen LogP contribution in [0.25, 0.3) is 0 Å². The van der Waals surface area contributed by atoms with Crippen molar-refractivity contribution in [2.75, 3.05) is 19.8 Å². The second kappa shape index (κ2) is 15.9. The summed E-state index contributed by atoms with van der Waals surface area (Å²) in [5, 5.41) is 0. The van der Waals surface area contributed by atoms with Crippen LogP contribution in [0.3, 0.4) is 0 Å². The van der Waals surface area contributed by atoms with Crippen LogP contribution < -0.4 is 5.90 Å². The lowest BCUT2D eigenvalue weighted by atomic mass is 10.1. The van der Waals surface area contributed by atoms with Gasteiger partial charge in [-0.25, -0.2) is 5.90 Å². The largest absolute Gasteiger partial charge is 0.379 e. The molecule has 0 fully saturated rings. The fourth-order valence-corrected chi connectivity index (χ4v) is 1.90. The molecule has 0 aromatic carbocycles. The molecule has 0 spiro atoms. The van der Waals surface area contributed by atoms with Crippen molar-refractivity contribution in [1.29, 1.82) is 0 Å². The molecule has 0 bridgehead atoms. The van der Waals surface area contributed by atoms with E-state index in [1.807, 2.05) is 0 Å². The Balaban J connectivity index is 2.85. The van der Waals surface area contributed by atoms with Gasteiger partial charge in [0.1, 0.15) is 0 Å². The summed E-state index contributed by atoms with van der Waals surface area (Å²) in [6.07, 6.45) is 13.6. The number of ether oxygens (including phenoxy) is 1. The van der Waals surface area contributed by atoms with E-state index >= 15 is 0 Å². The van der Waals surface area contributed by atoms with E-state index in [0.717, 1.165) is 6.61 Å². The second-order valence-corrected chi connectivity index (χ2v) is 4.67. The summed E-state index contributed by atoms with van der Waals surface area (Å²) in [7, 11) is 0. The van der Waals surface area contributed by atoms with Gasteiger partial charge in [-0.15, -0.1) is 0 Å². The van der Waals surface area contributed by atoms with Gasteiger partial charge >= 0.3 is 0 Å². The normalized spacial score (nSPS) is 10.9. The molecule has 2 N–H and O–H groups in total. The van der Waals surface area contributed by atoms with Gasteiger partial charge in [0.25, 0.3) is 0 Å². The third-order valence-corrected chi connectivity index (χ3v) is 2.99. The standard InChI is InChI=1S/C14H31NO2/c1-2-3-4-5-6-7-8-9-10-11-12-16-13-14-17-15/h2-15H2,1H3. The molecule has 0 aliphatic rings. The molecule has 0 heterocycles. The summed E-state index contributed by atoms with van der Waals surface area (Å²) >= 11 is 0. The summed E-state index contributed by atoms with van der Waals surface area (Å²) in [5.41, 5.74) is 0. The van der Waals surface area contributed by atoms with Gasteiger partial charge in [-0.05, 0) is 6.42 Å². The van der Waals surface area contributed by atoms with E-state index in [-0.39, 0.29) is 0 Å². The lowest BCUT2D eigenvalue weighted by Gasteiger charge is -2.03. The molecule has 0 aliphatic heterocycles. The van der Waals surface area contributed by atoms with Crippen LogP contribution in [0.15, 0.2) is 0 Å². The molecule has 0 unspecified atom stereocenters. The molecule has 3 nitrogen and oxygen atoms in total. The van der Waals surface area contributed by atoms with Crippen molar-refractivity contribution in [3.63, 3.8) is 0 Å². The highest BCUT2D eigenvalue weighted by Gasteiger charge is 1.93. The molecule has 104 valence electrons. The zero-order chi connectivity index (χ0) is 12.6. The Hall–Kier alpha value is -0.120. The fraction of sp³-hybridized carbons (Fsp3) is 1.00. The number of unbranched alkanes of at least 4 members (excludes halogenated alkanes) is 9. The lowest BCUT2D eigenvalue weighted by molar-refractivity contribution is 0.0463. The first-order valence-electron chi connectivity index (χ1n) is 7.31. The monoisotopic (exact) mass is 245 g/mol. The van der Waals surface area contributed by atoms with Crippen LogP contribution in [0.1, 0.15) is 71.1 Å². The van der Waals surface area contributed by atoms with Crippen LogP contribution in [0.2, 0.25) is 0 Å². The van der Waals surface area contributed by atoms with Gasteiger partial charge in [0.15, 0.2) is 0 Å². The number of rotatable bonds is 14. The van der Waals surface area contributed by atoms with E-state index < -0.39 is 0 Å². The summed E-state index contributed by atoms with van der Waals surface area (Å²) in [6.45, 7) is 4.23. The molecule has 17 heavy (non-hydrogen) atoms. The van der Waals surface area contributed by atoms with Crippen LogP contribution in [-0.2, 0) is 9.57 Å². The number of nitrogens with two attached hydrogens (primary N) is 1. The van der Waals surface area contributed by atoms with Crippen LogP contribution in [0.4, 0.5) is 0 Å². The van der Waals surface area contributed by atoms with E-state index in [2.05, 4.69) is 11.8 Å². The Morgan fingerprint density at radius 2 is 1.18 bits per heavy atom. The van der Waals surface area contributed by atoms with Crippen LogP contribution in [0.5, 0.6) is 0 Å². The molecule has 3 heteroatoms. The summed E-state index contributed by atoms with van der Waals surface area (Å²) < 4.78 is 5.34. The van der Waals surface area contributed by atoms with Crippen LogP contribution in [-0.4, -0.2) is 19.8 Å². The molecule has 0 aromatic rings. The molecule has 0 atom stereocenters. The van der Waals surface area contributed by atoms with Crippen molar-refractivity contribution in [2.45, 2.75) is 71.1 Å². The van der Waals surface area contributed by atoms with Crippen molar-refractivity contribution in [1.82, 2.24) is 0 Å². The Bertz CT molecular complexity index is 117. The molecule has 0 saturated heterocycles. The topological polar surface area (TPSA) is 44.5 Å². The van der Waals surface area contributed by atoms with E-state index in [1.165, 1.54) is 64.2 Å². The molecule has 0 aliphatic carbocycles. The first-order valence-corrected chi connectivity index (χ1v) is 7.31. The van der Waals surface area contributed by atoms with Crippen molar-refractivity contribution in [3.05, 3.63) is 0 Å². The fourth-order valence-electron chi connectivity index (χ4n) is 1.90. The van der Waals surface area contributed by atoms with Crippen molar-refractivity contribution < 1.29 is 9.57 Å². The smallest absolute Gasteiger partial charge is 0.0913 e. The van der Waals surface area contributed by atoms with Gasteiger partial charge < -0.3 is 9.57 Å². The molecule has 0 rings (SSSR count). The first kappa shape index (κ1) is 16.9. The number of hydrogen-bond donors (Lipinski definition) is 1. The summed E-state index contributed by atoms with van der Waals surface area (Å²) in [6, 6.07) is 0. The van der Waals surface area contributed by atoms with E-state index in [0.29, 0.717) is 13.2 Å². The SMILES string of the molecule is CCCCCCCCCCCCOCCON. The molecule has 0 amide bonds. The maximum absolute atomic E-state index is 5.34. The van der Waals surface area contributed by atoms with Crippen LogP contribution >= 0.6 is 0 Å². The molecule has 0 saturated carbocycles. The van der Waals surface area contributed by atoms with Gasteiger partial charge in [-0.3, -0.25) is 0 Å². The molecule has 0 aromatic heterocycles. The highest BCUT2D eigenvalue weighted by atomic mass is 16.6. The van der Waals surface area contributed by atoms with Gasteiger partial charge in [0.05, 0.1) is 13.2 Å². The first-order chi connectivity index (χ1) is 8.41. The maximum atomic E-state index is 5.34. The Kier molecular flexibility index (Phi) is 15.8. The minimum absolute atomic E-state index is 0.498. The van der Waals surface area contributed by atoms with E-state index in [1.54, 1.807) is 0 Å². The highest BCUT2D eigenvalue weighted by Crippen LogP contribution is 2.10. The van der Waals surface area contributed by atoms with Gasteiger partial charge in [-0.2, -0.15) is 0 Å². The maximum Gasteiger partial charge on any atom is 0.0913 e. The van der Waals surface area contributed by atoms with Crippen molar-refractivity contribution in [3.8, 4) is 0 Å². The summed E-state index contributed by atoms with van der Waals surface area (Å²) in [5.74, 6) is 4.89. The predicted octanol–water partition coefficient (Wildman–Crippen LogP) is 3.81. The van der Waals surface area contributed by atoms with Crippen molar-refractivity contribution >= 4 is 0 Å². The Labute approximate surface area is 107 Å². The van der Waals surface area contributed by atoms with Crippen LogP contribution in [0, 0.1) is 0 Å². The van der Waals surface area contributed by atoms with Gasteiger partial charge in [0, 0.05) is 6.61 Å². The average molecular weight is 245 g/mol.